The molecular formula is C27H29N5O2. The summed E-state index contributed by atoms with van der Waals surface area (Å²) in [6.07, 6.45) is 7.35. The maximum Gasteiger partial charge on any atom is 0.172 e. The molecule has 7 heteroatoms. The van der Waals surface area contributed by atoms with E-state index in [4.69, 9.17) is 14.5 Å². The zero-order valence-electron chi connectivity index (χ0n) is 19.3. The maximum atomic E-state index is 5.76. The summed E-state index contributed by atoms with van der Waals surface area (Å²) in [5, 5.41) is 3.52. The van der Waals surface area contributed by atoms with Crippen molar-refractivity contribution in [3.63, 3.8) is 0 Å². The van der Waals surface area contributed by atoms with E-state index in [1.807, 2.05) is 48.8 Å². The number of nitrogens with one attached hydrogen (secondary N) is 2. The number of nitrogens with zero attached hydrogens (tertiary/aromatic N) is 3. The van der Waals surface area contributed by atoms with Gasteiger partial charge in [0.1, 0.15) is 17.8 Å². The molecule has 1 aliphatic rings. The molecule has 1 unspecified atom stereocenters. The normalized spacial score (nSPS) is 15.1. The molecule has 2 aromatic carbocycles. The predicted molar refractivity (Wildman–Crippen MR) is 133 cm³/mol. The van der Waals surface area contributed by atoms with Crippen molar-refractivity contribution in [2.75, 3.05) is 20.2 Å². The molecule has 5 rings (SSSR count). The lowest BCUT2D eigenvalue weighted by Gasteiger charge is -2.24. The SMILES string of the molecule is COc1cccc(-c2ccc3nc(CCNCCC4OC=CN4Cc4ccccn4)[nH]c3c2)c1. The Kier molecular flexibility index (Phi) is 6.72. The topological polar surface area (TPSA) is 75.3 Å². The Hall–Kier alpha value is -3.84. The highest BCUT2D eigenvalue weighted by Crippen LogP contribution is 2.26. The number of aromatic nitrogens is 3. The minimum absolute atomic E-state index is 0.0377. The first-order valence-corrected chi connectivity index (χ1v) is 11.6. The van der Waals surface area contributed by atoms with Gasteiger partial charge in [-0.15, -0.1) is 0 Å². The van der Waals surface area contributed by atoms with Crippen molar-refractivity contribution in [2.45, 2.75) is 25.6 Å². The summed E-state index contributed by atoms with van der Waals surface area (Å²) in [5.41, 5.74) is 5.33. The third-order valence-corrected chi connectivity index (χ3v) is 5.97. The molecule has 7 nitrogen and oxygen atoms in total. The smallest absolute Gasteiger partial charge is 0.172 e. The van der Waals surface area contributed by atoms with E-state index in [-0.39, 0.29) is 6.23 Å². The molecule has 1 atom stereocenters. The van der Waals surface area contributed by atoms with Gasteiger partial charge in [0, 0.05) is 38.3 Å². The van der Waals surface area contributed by atoms with Crippen LogP contribution in [0.25, 0.3) is 22.2 Å². The van der Waals surface area contributed by atoms with Gasteiger partial charge in [-0.1, -0.05) is 24.3 Å². The molecule has 3 heterocycles. The van der Waals surface area contributed by atoms with Gasteiger partial charge in [0.25, 0.3) is 0 Å². The van der Waals surface area contributed by atoms with Gasteiger partial charge in [0.2, 0.25) is 0 Å². The Balaban J connectivity index is 1.11. The van der Waals surface area contributed by atoms with Gasteiger partial charge in [-0.25, -0.2) is 4.98 Å². The fourth-order valence-corrected chi connectivity index (χ4v) is 4.17. The Labute approximate surface area is 199 Å². The highest BCUT2D eigenvalue weighted by atomic mass is 16.5. The summed E-state index contributed by atoms with van der Waals surface area (Å²) in [7, 11) is 1.69. The zero-order valence-corrected chi connectivity index (χ0v) is 19.3. The molecule has 0 amide bonds. The minimum Gasteiger partial charge on any atom is -0.497 e. The number of imidazole rings is 1. The monoisotopic (exact) mass is 455 g/mol. The van der Waals surface area contributed by atoms with E-state index < -0.39 is 0 Å². The molecule has 34 heavy (non-hydrogen) atoms. The molecule has 0 fully saturated rings. The van der Waals surface area contributed by atoms with Gasteiger partial charge in [0.15, 0.2) is 6.23 Å². The maximum absolute atomic E-state index is 5.76. The average molecular weight is 456 g/mol. The van der Waals surface area contributed by atoms with Crippen molar-refractivity contribution >= 4 is 11.0 Å². The van der Waals surface area contributed by atoms with E-state index in [1.165, 1.54) is 0 Å². The van der Waals surface area contributed by atoms with Crippen LogP contribution < -0.4 is 10.1 Å². The molecule has 2 N–H and O–H groups in total. The first-order chi connectivity index (χ1) is 16.8. The third-order valence-electron chi connectivity index (χ3n) is 5.97. The third kappa shape index (κ3) is 5.21. The van der Waals surface area contributed by atoms with Gasteiger partial charge in [0.05, 0.1) is 30.4 Å². The predicted octanol–water partition coefficient (Wildman–Crippen LogP) is 4.49. The summed E-state index contributed by atoms with van der Waals surface area (Å²) in [6.45, 7) is 2.47. The van der Waals surface area contributed by atoms with E-state index in [9.17, 15) is 0 Å². The lowest BCUT2D eigenvalue weighted by atomic mass is 10.1. The van der Waals surface area contributed by atoms with Crippen molar-refractivity contribution in [1.29, 1.82) is 0 Å². The van der Waals surface area contributed by atoms with Crippen LogP contribution in [0.3, 0.4) is 0 Å². The number of hydrogen-bond donors (Lipinski definition) is 2. The molecule has 0 bridgehead atoms. The van der Waals surface area contributed by atoms with Crippen LogP contribution in [0, 0.1) is 0 Å². The fraction of sp³-hybridized carbons (Fsp3) is 0.259. The van der Waals surface area contributed by atoms with Crippen molar-refractivity contribution < 1.29 is 9.47 Å². The average Bonchev–Trinajstić information content (AvgIpc) is 3.50. The molecule has 0 saturated heterocycles. The van der Waals surface area contributed by atoms with Crippen molar-refractivity contribution in [3.8, 4) is 16.9 Å². The Bertz CT molecular complexity index is 1250. The van der Waals surface area contributed by atoms with Gasteiger partial charge in [-0.2, -0.15) is 0 Å². The zero-order chi connectivity index (χ0) is 23.2. The quantitative estimate of drug-likeness (QED) is 0.343. The lowest BCUT2D eigenvalue weighted by molar-refractivity contribution is 0.0454. The van der Waals surface area contributed by atoms with Crippen LogP contribution in [0.2, 0.25) is 0 Å². The molecule has 1 aliphatic heterocycles. The number of methoxy groups -OCH3 is 1. The largest absolute Gasteiger partial charge is 0.497 e. The van der Waals surface area contributed by atoms with Crippen LogP contribution in [0.1, 0.15) is 17.9 Å². The summed E-state index contributed by atoms with van der Waals surface area (Å²) in [4.78, 5) is 14.8. The van der Waals surface area contributed by atoms with Crippen LogP contribution in [-0.4, -0.2) is 46.3 Å². The van der Waals surface area contributed by atoms with Crippen LogP contribution in [0.15, 0.2) is 79.3 Å². The Morgan fingerprint density at radius 1 is 1.06 bits per heavy atom. The van der Waals surface area contributed by atoms with Crippen LogP contribution in [-0.2, 0) is 17.7 Å². The molecule has 0 aliphatic carbocycles. The van der Waals surface area contributed by atoms with E-state index in [1.54, 1.807) is 13.4 Å². The van der Waals surface area contributed by atoms with Gasteiger partial charge in [-0.05, 0) is 47.5 Å². The fourth-order valence-electron chi connectivity index (χ4n) is 4.17. The second-order valence-corrected chi connectivity index (χ2v) is 8.31. The number of H-pyrrole nitrogens is 1. The summed E-state index contributed by atoms with van der Waals surface area (Å²) >= 11 is 0. The molecule has 2 aromatic heterocycles. The molecule has 4 aromatic rings. The van der Waals surface area contributed by atoms with Gasteiger partial charge >= 0.3 is 0 Å². The van der Waals surface area contributed by atoms with Crippen molar-refractivity contribution in [2.24, 2.45) is 0 Å². The molecule has 174 valence electrons. The molecular weight excluding hydrogens is 426 g/mol. The van der Waals surface area contributed by atoms with E-state index >= 15 is 0 Å². The van der Waals surface area contributed by atoms with Gasteiger partial charge in [-0.3, -0.25) is 4.98 Å². The highest BCUT2D eigenvalue weighted by Gasteiger charge is 2.20. The summed E-state index contributed by atoms with van der Waals surface area (Å²) in [5.74, 6) is 1.84. The van der Waals surface area contributed by atoms with E-state index in [0.717, 1.165) is 71.9 Å². The summed E-state index contributed by atoms with van der Waals surface area (Å²) < 4.78 is 11.1. The lowest BCUT2D eigenvalue weighted by Crippen LogP contribution is -2.32. The number of rotatable bonds is 10. The highest BCUT2D eigenvalue weighted by molar-refractivity contribution is 5.82. The second-order valence-electron chi connectivity index (χ2n) is 8.31. The summed E-state index contributed by atoms with van der Waals surface area (Å²) in [6, 6.07) is 20.4. The Morgan fingerprint density at radius 3 is 2.88 bits per heavy atom. The van der Waals surface area contributed by atoms with E-state index in [0.29, 0.717) is 0 Å². The first-order valence-electron chi connectivity index (χ1n) is 11.6. The number of aromatic amines is 1. The number of fused-ring (bicyclic) bond motifs is 1. The number of benzene rings is 2. The molecule has 0 saturated carbocycles. The van der Waals surface area contributed by atoms with Crippen LogP contribution >= 0.6 is 0 Å². The molecule has 0 radical (unpaired) electrons. The number of pyridine rings is 1. The number of hydrogen-bond acceptors (Lipinski definition) is 6. The standard InChI is InChI=1S/C27H29N5O2/c1-33-23-7-4-5-20(17-23)21-8-9-24-25(18-21)31-26(30-24)10-13-28-14-11-27-32(15-16-34-27)19-22-6-2-3-12-29-22/h2-9,12,15-18,27-28H,10-11,13-14,19H2,1H3,(H,30,31). The minimum atomic E-state index is 0.0377. The first kappa shape index (κ1) is 22.0. The van der Waals surface area contributed by atoms with Crippen molar-refractivity contribution in [3.05, 3.63) is 90.8 Å². The van der Waals surface area contributed by atoms with Crippen molar-refractivity contribution in [1.82, 2.24) is 25.2 Å². The van der Waals surface area contributed by atoms with E-state index in [2.05, 4.69) is 44.5 Å². The van der Waals surface area contributed by atoms with Gasteiger partial charge < -0.3 is 24.7 Å². The van der Waals surface area contributed by atoms with Crippen LogP contribution in [0.5, 0.6) is 5.75 Å². The van der Waals surface area contributed by atoms with Crippen LogP contribution in [0.4, 0.5) is 0 Å². The Morgan fingerprint density at radius 2 is 2.00 bits per heavy atom. The number of ether oxygens (including phenoxy) is 2. The molecule has 0 spiro atoms. The second kappa shape index (κ2) is 10.4.